The van der Waals surface area contributed by atoms with Crippen molar-refractivity contribution in [3.63, 3.8) is 0 Å². The second kappa shape index (κ2) is 8.50. The van der Waals surface area contributed by atoms with Crippen LogP contribution in [-0.2, 0) is 17.6 Å². The lowest BCUT2D eigenvalue weighted by molar-refractivity contribution is 0.0600. The minimum Gasteiger partial charge on any atom is -0.465 e. The second-order valence-corrected chi connectivity index (χ2v) is 8.16. The van der Waals surface area contributed by atoms with Crippen molar-refractivity contribution >= 4 is 45.5 Å². The summed E-state index contributed by atoms with van der Waals surface area (Å²) in [6.07, 6.45) is 2.92. The summed E-state index contributed by atoms with van der Waals surface area (Å²) in [5.41, 5.74) is 2.43. The first-order chi connectivity index (χ1) is 13.4. The molecule has 0 saturated carbocycles. The highest BCUT2D eigenvalue weighted by molar-refractivity contribution is 7.80. The van der Waals surface area contributed by atoms with Gasteiger partial charge < -0.3 is 10.1 Å². The number of fused-ring (bicyclic) bond motifs is 1. The molecule has 0 saturated heterocycles. The van der Waals surface area contributed by atoms with Crippen molar-refractivity contribution in [1.29, 1.82) is 5.26 Å². The largest absolute Gasteiger partial charge is 0.465 e. The molecular weight excluding hydrogens is 394 g/mol. The summed E-state index contributed by atoms with van der Waals surface area (Å²) >= 11 is 6.78. The van der Waals surface area contributed by atoms with Gasteiger partial charge in [-0.3, -0.25) is 10.1 Å². The number of thiocarbonyl (C=S) groups is 1. The molecule has 28 heavy (non-hydrogen) atoms. The maximum Gasteiger partial charge on any atom is 0.337 e. The predicted molar refractivity (Wildman–Crippen MR) is 112 cm³/mol. The quantitative estimate of drug-likeness (QED) is 0.589. The number of hydrogen-bond donors (Lipinski definition) is 2. The molecule has 3 rings (SSSR count). The fourth-order valence-corrected chi connectivity index (χ4v) is 4.77. The number of nitrogens with zero attached hydrogens (tertiary/aromatic N) is 1. The van der Waals surface area contributed by atoms with E-state index < -0.39 is 11.9 Å². The molecule has 2 N–H and O–H groups in total. The Morgan fingerprint density at radius 3 is 2.61 bits per heavy atom. The number of carbonyl (C=O) groups is 2. The predicted octanol–water partition coefficient (Wildman–Crippen LogP) is 3.66. The number of nitriles is 1. The number of amides is 1. The monoisotopic (exact) mass is 413 g/mol. The van der Waals surface area contributed by atoms with E-state index in [0.717, 1.165) is 24.8 Å². The summed E-state index contributed by atoms with van der Waals surface area (Å²) < 4.78 is 4.63. The summed E-state index contributed by atoms with van der Waals surface area (Å²) in [6, 6.07) is 8.34. The maximum absolute atomic E-state index is 12.4. The molecular formula is C20H19N3O3S2. The Balaban J connectivity index is 1.68. The van der Waals surface area contributed by atoms with Crippen molar-refractivity contribution in [2.45, 2.75) is 26.2 Å². The minimum atomic E-state index is -0.468. The van der Waals surface area contributed by atoms with Crippen LogP contribution in [0.15, 0.2) is 24.3 Å². The van der Waals surface area contributed by atoms with Crippen LogP contribution < -0.4 is 10.6 Å². The highest BCUT2D eigenvalue weighted by Gasteiger charge is 2.24. The fourth-order valence-electron chi connectivity index (χ4n) is 3.14. The smallest absolute Gasteiger partial charge is 0.337 e. The Morgan fingerprint density at radius 1 is 1.29 bits per heavy atom. The average molecular weight is 414 g/mol. The molecule has 1 amide bonds. The van der Waals surface area contributed by atoms with E-state index in [2.05, 4.69) is 28.4 Å². The average Bonchev–Trinajstić information content (AvgIpc) is 3.02. The van der Waals surface area contributed by atoms with Crippen LogP contribution in [0.4, 0.5) is 5.00 Å². The first kappa shape index (κ1) is 20.0. The van der Waals surface area contributed by atoms with Crippen LogP contribution in [0.2, 0.25) is 0 Å². The molecule has 1 aromatic carbocycles. The van der Waals surface area contributed by atoms with Crippen LogP contribution in [-0.4, -0.2) is 24.1 Å². The Morgan fingerprint density at radius 2 is 1.96 bits per heavy atom. The molecule has 1 aliphatic carbocycles. The first-order valence-electron chi connectivity index (χ1n) is 8.78. The van der Waals surface area contributed by atoms with Crippen LogP contribution in [0, 0.1) is 17.2 Å². The molecule has 144 valence electrons. The van der Waals surface area contributed by atoms with Crippen LogP contribution in [0.5, 0.6) is 0 Å². The van der Waals surface area contributed by atoms with E-state index >= 15 is 0 Å². The van der Waals surface area contributed by atoms with Crippen molar-refractivity contribution in [3.05, 3.63) is 51.4 Å². The van der Waals surface area contributed by atoms with Gasteiger partial charge in [-0.25, -0.2) is 4.79 Å². The molecule has 1 heterocycles. The Bertz CT molecular complexity index is 974. The molecule has 0 spiro atoms. The van der Waals surface area contributed by atoms with E-state index in [1.165, 1.54) is 47.6 Å². The molecule has 1 atom stereocenters. The van der Waals surface area contributed by atoms with Crippen molar-refractivity contribution in [2.75, 3.05) is 12.4 Å². The summed E-state index contributed by atoms with van der Waals surface area (Å²) in [5, 5.41) is 15.9. The third-order valence-corrected chi connectivity index (χ3v) is 6.02. The van der Waals surface area contributed by atoms with Gasteiger partial charge in [0.15, 0.2) is 5.11 Å². The lowest BCUT2D eigenvalue weighted by Gasteiger charge is -2.17. The number of hydrogen-bond acceptors (Lipinski definition) is 6. The summed E-state index contributed by atoms with van der Waals surface area (Å²) in [4.78, 5) is 25.0. The van der Waals surface area contributed by atoms with Crippen LogP contribution >= 0.6 is 23.6 Å². The van der Waals surface area contributed by atoms with Gasteiger partial charge in [0.25, 0.3) is 5.91 Å². The third-order valence-electron chi connectivity index (χ3n) is 4.65. The number of rotatable bonds is 3. The Hall–Kier alpha value is -2.76. The highest BCUT2D eigenvalue weighted by atomic mass is 32.1. The number of benzene rings is 1. The Labute approximate surface area is 172 Å². The van der Waals surface area contributed by atoms with Gasteiger partial charge in [-0.2, -0.15) is 5.26 Å². The van der Waals surface area contributed by atoms with E-state index in [1.807, 2.05) is 0 Å². The SMILES string of the molecule is COC(=O)c1ccc(C(=O)NC(=S)Nc2sc3c(c2C#N)CC[C@@H](C)C3)cc1. The fraction of sp³-hybridized carbons (Fsp3) is 0.300. The number of nitrogens with one attached hydrogen (secondary N) is 2. The summed E-state index contributed by atoms with van der Waals surface area (Å²) in [7, 11) is 1.30. The van der Waals surface area contributed by atoms with E-state index in [1.54, 1.807) is 0 Å². The van der Waals surface area contributed by atoms with Crippen molar-refractivity contribution in [1.82, 2.24) is 5.32 Å². The lowest BCUT2D eigenvalue weighted by atomic mass is 9.89. The number of methoxy groups -OCH3 is 1. The molecule has 0 aliphatic heterocycles. The number of ether oxygens (including phenoxy) is 1. The van der Waals surface area contributed by atoms with E-state index in [4.69, 9.17) is 12.2 Å². The molecule has 8 heteroatoms. The van der Waals surface area contributed by atoms with E-state index in [-0.39, 0.29) is 5.11 Å². The van der Waals surface area contributed by atoms with Gasteiger partial charge in [0, 0.05) is 10.4 Å². The van der Waals surface area contributed by atoms with Gasteiger partial charge in [-0.15, -0.1) is 11.3 Å². The van der Waals surface area contributed by atoms with Crippen LogP contribution in [0.25, 0.3) is 0 Å². The lowest BCUT2D eigenvalue weighted by Crippen LogP contribution is -2.34. The highest BCUT2D eigenvalue weighted by Crippen LogP contribution is 2.39. The molecule has 1 aliphatic rings. The topological polar surface area (TPSA) is 91.2 Å². The van der Waals surface area contributed by atoms with Gasteiger partial charge in [0.05, 0.1) is 18.2 Å². The molecule has 0 fully saturated rings. The number of esters is 1. The zero-order valence-electron chi connectivity index (χ0n) is 15.5. The number of anilines is 1. The third kappa shape index (κ3) is 4.21. The zero-order chi connectivity index (χ0) is 20.3. The van der Waals surface area contributed by atoms with Gasteiger partial charge in [-0.05, 0) is 67.2 Å². The van der Waals surface area contributed by atoms with Crippen LogP contribution in [0.1, 0.15) is 50.1 Å². The van der Waals surface area contributed by atoms with Crippen LogP contribution in [0.3, 0.4) is 0 Å². The Kier molecular flexibility index (Phi) is 6.07. The van der Waals surface area contributed by atoms with Gasteiger partial charge in [-0.1, -0.05) is 6.92 Å². The van der Waals surface area contributed by atoms with Crippen molar-refractivity contribution in [2.24, 2.45) is 5.92 Å². The molecule has 1 aromatic heterocycles. The first-order valence-corrected chi connectivity index (χ1v) is 10.0. The molecule has 6 nitrogen and oxygen atoms in total. The second-order valence-electron chi connectivity index (χ2n) is 6.64. The van der Waals surface area contributed by atoms with Crippen molar-refractivity contribution < 1.29 is 14.3 Å². The summed E-state index contributed by atoms with van der Waals surface area (Å²) in [6.45, 7) is 2.21. The summed E-state index contributed by atoms with van der Waals surface area (Å²) in [5.74, 6) is -0.267. The molecule has 0 unspecified atom stereocenters. The molecule has 0 radical (unpaired) electrons. The van der Waals surface area contributed by atoms with E-state index in [0.29, 0.717) is 27.6 Å². The van der Waals surface area contributed by atoms with E-state index in [9.17, 15) is 14.9 Å². The number of carbonyl (C=O) groups excluding carboxylic acids is 2. The minimum absolute atomic E-state index is 0.130. The van der Waals surface area contributed by atoms with Crippen molar-refractivity contribution in [3.8, 4) is 6.07 Å². The molecule has 0 bridgehead atoms. The standard InChI is InChI=1S/C20H19N3O3S2/c1-11-3-8-14-15(10-21)18(28-16(14)9-11)23-20(27)22-17(24)12-4-6-13(7-5-12)19(25)26-2/h4-7,11H,3,8-9H2,1-2H3,(H2,22,23,24,27)/t11-/m1/s1. The molecule has 2 aromatic rings. The van der Waals surface area contributed by atoms with Gasteiger partial charge >= 0.3 is 5.97 Å². The normalized spacial score (nSPS) is 15.1. The van der Waals surface area contributed by atoms with Gasteiger partial charge in [0.2, 0.25) is 0 Å². The zero-order valence-corrected chi connectivity index (χ0v) is 17.1. The van der Waals surface area contributed by atoms with Gasteiger partial charge in [0.1, 0.15) is 11.1 Å². The maximum atomic E-state index is 12.4. The number of thiophene rings is 1.